The molecule has 0 fully saturated rings. The molecule has 0 spiro atoms. The SMILES string of the molecule is COCCCCCNC(=O)CCc1ccc(N)cc1. The van der Waals surface area contributed by atoms with Gasteiger partial charge < -0.3 is 15.8 Å². The Kier molecular flexibility index (Phi) is 7.66. The van der Waals surface area contributed by atoms with Crippen molar-refractivity contribution in [1.82, 2.24) is 5.32 Å². The van der Waals surface area contributed by atoms with Crippen molar-refractivity contribution >= 4 is 11.6 Å². The van der Waals surface area contributed by atoms with Crippen LogP contribution in [0.1, 0.15) is 31.2 Å². The van der Waals surface area contributed by atoms with E-state index in [2.05, 4.69) is 5.32 Å². The van der Waals surface area contributed by atoms with Crippen molar-refractivity contribution in [1.29, 1.82) is 0 Å². The number of nitrogen functional groups attached to an aromatic ring is 1. The van der Waals surface area contributed by atoms with Crippen LogP contribution in [0, 0.1) is 0 Å². The molecule has 4 nitrogen and oxygen atoms in total. The highest BCUT2D eigenvalue weighted by molar-refractivity contribution is 5.76. The van der Waals surface area contributed by atoms with Gasteiger partial charge in [0.05, 0.1) is 0 Å². The van der Waals surface area contributed by atoms with Gasteiger partial charge in [-0.3, -0.25) is 4.79 Å². The van der Waals surface area contributed by atoms with Crippen LogP contribution in [0.15, 0.2) is 24.3 Å². The summed E-state index contributed by atoms with van der Waals surface area (Å²) < 4.78 is 4.97. The molecule has 0 atom stereocenters. The lowest BCUT2D eigenvalue weighted by atomic mass is 10.1. The molecule has 0 aliphatic carbocycles. The zero-order valence-corrected chi connectivity index (χ0v) is 11.7. The van der Waals surface area contributed by atoms with Crippen molar-refractivity contribution in [3.63, 3.8) is 0 Å². The first-order valence-electron chi connectivity index (χ1n) is 6.82. The van der Waals surface area contributed by atoms with Gasteiger partial charge in [0.25, 0.3) is 0 Å². The number of benzene rings is 1. The van der Waals surface area contributed by atoms with Gasteiger partial charge >= 0.3 is 0 Å². The second-order valence-electron chi connectivity index (χ2n) is 4.64. The number of ether oxygens (including phenoxy) is 1. The second kappa shape index (κ2) is 9.39. The smallest absolute Gasteiger partial charge is 0.220 e. The molecule has 1 aromatic rings. The largest absolute Gasteiger partial charge is 0.399 e. The van der Waals surface area contributed by atoms with Gasteiger partial charge in [0.2, 0.25) is 5.91 Å². The number of nitrogens with two attached hydrogens (primary N) is 1. The number of hydrogen-bond donors (Lipinski definition) is 2. The number of nitrogens with one attached hydrogen (secondary N) is 1. The summed E-state index contributed by atoms with van der Waals surface area (Å²) in [6.07, 6.45) is 4.44. The fraction of sp³-hybridized carbons (Fsp3) is 0.533. The van der Waals surface area contributed by atoms with Crippen LogP contribution in [0.5, 0.6) is 0 Å². The highest BCUT2D eigenvalue weighted by atomic mass is 16.5. The number of methoxy groups -OCH3 is 1. The quantitative estimate of drug-likeness (QED) is 0.530. The summed E-state index contributed by atoms with van der Waals surface area (Å²) in [5, 5.41) is 2.94. The van der Waals surface area contributed by atoms with Crippen LogP contribution >= 0.6 is 0 Å². The zero-order chi connectivity index (χ0) is 13.9. The summed E-state index contributed by atoms with van der Waals surface area (Å²) >= 11 is 0. The summed E-state index contributed by atoms with van der Waals surface area (Å²) in [6.45, 7) is 1.55. The van der Waals surface area contributed by atoms with E-state index in [9.17, 15) is 4.79 Å². The second-order valence-corrected chi connectivity index (χ2v) is 4.64. The number of aryl methyl sites for hydroxylation is 1. The van der Waals surface area contributed by atoms with Crippen molar-refractivity contribution in [3.05, 3.63) is 29.8 Å². The Hall–Kier alpha value is -1.55. The Labute approximate surface area is 115 Å². The minimum Gasteiger partial charge on any atom is -0.399 e. The molecule has 4 heteroatoms. The van der Waals surface area contributed by atoms with E-state index in [4.69, 9.17) is 10.5 Å². The molecule has 1 rings (SSSR count). The van der Waals surface area contributed by atoms with Crippen LogP contribution in [-0.4, -0.2) is 26.2 Å². The lowest BCUT2D eigenvalue weighted by Gasteiger charge is -2.05. The molecule has 0 aromatic heterocycles. The topological polar surface area (TPSA) is 64.3 Å². The van der Waals surface area contributed by atoms with E-state index in [0.29, 0.717) is 6.42 Å². The van der Waals surface area contributed by atoms with Crippen LogP contribution in [0.2, 0.25) is 0 Å². The lowest BCUT2D eigenvalue weighted by Crippen LogP contribution is -2.24. The number of unbranched alkanes of at least 4 members (excludes halogenated alkanes) is 2. The van der Waals surface area contributed by atoms with E-state index >= 15 is 0 Å². The molecule has 1 amide bonds. The summed E-state index contributed by atoms with van der Waals surface area (Å²) in [4.78, 5) is 11.6. The maximum Gasteiger partial charge on any atom is 0.220 e. The minimum absolute atomic E-state index is 0.114. The molecule has 0 saturated carbocycles. The van der Waals surface area contributed by atoms with Gasteiger partial charge in [-0.15, -0.1) is 0 Å². The monoisotopic (exact) mass is 264 g/mol. The van der Waals surface area contributed by atoms with Crippen LogP contribution in [0.3, 0.4) is 0 Å². The predicted octanol–water partition coefficient (Wildman–Crippen LogP) is 2.13. The van der Waals surface area contributed by atoms with E-state index in [1.165, 1.54) is 0 Å². The van der Waals surface area contributed by atoms with Gasteiger partial charge in [-0.1, -0.05) is 12.1 Å². The normalized spacial score (nSPS) is 10.4. The summed E-state index contributed by atoms with van der Waals surface area (Å²) in [5.74, 6) is 0.114. The highest BCUT2D eigenvalue weighted by Gasteiger charge is 2.01. The average molecular weight is 264 g/mol. The van der Waals surface area contributed by atoms with Gasteiger partial charge in [0, 0.05) is 32.4 Å². The van der Waals surface area contributed by atoms with Crippen LogP contribution in [-0.2, 0) is 16.0 Å². The van der Waals surface area contributed by atoms with Crippen molar-refractivity contribution < 1.29 is 9.53 Å². The summed E-state index contributed by atoms with van der Waals surface area (Å²) in [7, 11) is 1.71. The molecule has 106 valence electrons. The third kappa shape index (κ3) is 7.47. The first kappa shape index (κ1) is 15.5. The Bertz CT molecular complexity index is 363. The molecule has 3 N–H and O–H groups in total. The van der Waals surface area contributed by atoms with E-state index < -0.39 is 0 Å². The Morgan fingerprint density at radius 1 is 1.21 bits per heavy atom. The number of carbonyl (C=O) groups excluding carboxylic acids is 1. The molecule has 0 saturated heterocycles. The fourth-order valence-corrected chi connectivity index (χ4v) is 1.81. The Morgan fingerprint density at radius 3 is 2.63 bits per heavy atom. The number of carbonyl (C=O) groups is 1. The highest BCUT2D eigenvalue weighted by Crippen LogP contribution is 2.07. The maximum atomic E-state index is 11.6. The number of amides is 1. The molecule has 0 heterocycles. The van der Waals surface area contributed by atoms with E-state index in [1.54, 1.807) is 7.11 Å². The third-order valence-electron chi connectivity index (χ3n) is 2.97. The molecular weight excluding hydrogens is 240 g/mol. The van der Waals surface area contributed by atoms with E-state index in [-0.39, 0.29) is 5.91 Å². The zero-order valence-electron chi connectivity index (χ0n) is 11.7. The average Bonchev–Trinajstić information content (AvgIpc) is 2.42. The lowest BCUT2D eigenvalue weighted by molar-refractivity contribution is -0.121. The number of hydrogen-bond acceptors (Lipinski definition) is 3. The van der Waals surface area contributed by atoms with Gasteiger partial charge in [-0.25, -0.2) is 0 Å². The van der Waals surface area contributed by atoms with Gasteiger partial charge in [-0.2, -0.15) is 0 Å². The number of rotatable bonds is 9. The van der Waals surface area contributed by atoms with Gasteiger partial charge in [0.1, 0.15) is 0 Å². The van der Waals surface area contributed by atoms with Gasteiger partial charge in [0.15, 0.2) is 0 Å². The first-order valence-corrected chi connectivity index (χ1v) is 6.82. The van der Waals surface area contributed by atoms with Crippen molar-refractivity contribution in [3.8, 4) is 0 Å². The van der Waals surface area contributed by atoms with Gasteiger partial charge in [-0.05, 0) is 43.4 Å². The Balaban J connectivity index is 2.06. The summed E-state index contributed by atoms with van der Waals surface area (Å²) in [6, 6.07) is 7.66. The van der Waals surface area contributed by atoms with Crippen LogP contribution < -0.4 is 11.1 Å². The fourth-order valence-electron chi connectivity index (χ4n) is 1.81. The molecule has 1 aromatic carbocycles. The third-order valence-corrected chi connectivity index (χ3v) is 2.97. The number of anilines is 1. The van der Waals surface area contributed by atoms with Crippen molar-refractivity contribution in [2.24, 2.45) is 0 Å². The maximum absolute atomic E-state index is 11.6. The predicted molar refractivity (Wildman–Crippen MR) is 77.9 cm³/mol. The Morgan fingerprint density at radius 2 is 1.95 bits per heavy atom. The van der Waals surface area contributed by atoms with E-state index in [1.807, 2.05) is 24.3 Å². The first-order chi connectivity index (χ1) is 9.22. The molecule has 0 aliphatic rings. The molecule has 0 radical (unpaired) electrons. The molecule has 0 aliphatic heterocycles. The molecule has 19 heavy (non-hydrogen) atoms. The molecule has 0 unspecified atom stereocenters. The van der Waals surface area contributed by atoms with E-state index in [0.717, 1.165) is 50.1 Å². The van der Waals surface area contributed by atoms with Crippen LogP contribution in [0.25, 0.3) is 0 Å². The van der Waals surface area contributed by atoms with Crippen molar-refractivity contribution in [2.45, 2.75) is 32.1 Å². The van der Waals surface area contributed by atoms with Crippen LogP contribution in [0.4, 0.5) is 5.69 Å². The standard InChI is InChI=1S/C15H24N2O2/c1-19-12-4-2-3-11-17-15(18)10-7-13-5-8-14(16)9-6-13/h5-6,8-9H,2-4,7,10-12,16H2,1H3,(H,17,18). The van der Waals surface area contributed by atoms with Crippen molar-refractivity contribution in [2.75, 3.05) is 26.0 Å². The molecule has 0 bridgehead atoms. The minimum atomic E-state index is 0.114. The summed E-state index contributed by atoms with van der Waals surface area (Å²) in [5.41, 5.74) is 7.51. The molecular formula is C15H24N2O2.